The minimum absolute atomic E-state index is 0.0302. The maximum absolute atomic E-state index is 11.3. The van der Waals surface area contributed by atoms with Crippen molar-refractivity contribution in [2.45, 2.75) is 13.0 Å². The van der Waals surface area contributed by atoms with E-state index in [9.17, 15) is 9.59 Å². The number of carboxylic acid groups (broad SMARTS) is 1. The van der Waals surface area contributed by atoms with Gasteiger partial charge in [0.15, 0.2) is 0 Å². The van der Waals surface area contributed by atoms with Crippen LogP contribution in [-0.4, -0.2) is 41.8 Å². The van der Waals surface area contributed by atoms with Gasteiger partial charge in [0.2, 0.25) is 0 Å². The highest BCUT2D eigenvalue weighted by atomic mass is 32.1. The van der Waals surface area contributed by atoms with E-state index in [2.05, 4.69) is 15.6 Å². The minimum atomic E-state index is -0.898. The lowest BCUT2D eigenvalue weighted by molar-refractivity contribution is -0.138. The summed E-state index contributed by atoms with van der Waals surface area (Å²) in [6, 6.07) is -0.287. The van der Waals surface area contributed by atoms with Crippen molar-refractivity contribution in [1.82, 2.24) is 15.6 Å². The molecule has 1 heterocycles. The Labute approximate surface area is 108 Å². The molecule has 0 aliphatic carbocycles. The van der Waals surface area contributed by atoms with Gasteiger partial charge in [-0.2, -0.15) is 0 Å². The number of amides is 2. The molecular formula is C10H15N3O4S. The van der Waals surface area contributed by atoms with E-state index < -0.39 is 5.97 Å². The lowest BCUT2D eigenvalue weighted by atomic mass is 10.5. The van der Waals surface area contributed by atoms with Gasteiger partial charge in [-0.15, -0.1) is 11.3 Å². The molecule has 1 aromatic heterocycles. The van der Waals surface area contributed by atoms with Crippen LogP contribution in [0.5, 0.6) is 0 Å². The van der Waals surface area contributed by atoms with Crippen LogP contribution in [0.1, 0.15) is 11.3 Å². The second kappa shape index (κ2) is 8.43. The third-order valence-corrected chi connectivity index (χ3v) is 2.68. The molecule has 100 valence electrons. The molecule has 0 aromatic carbocycles. The van der Waals surface area contributed by atoms with E-state index in [1.807, 2.05) is 0 Å². The van der Waals surface area contributed by atoms with Gasteiger partial charge in [0.05, 0.1) is 31.7 Å². The number of ether oxygens (including phenoxy) is 1. The summed E-state index contributed by atoms with van der Waals surface area (Å²) in [5, 5.41) is 13.6. The highest BCUT2D eigenvalue weighted by Crippen LogP contribution is 2.03. The second-order valence-electron chi connectivity index (χ2n) is 3.33. The van der Waals surface area contributed by atoms with Gasteiger partial charge in [-0.05, 0) is 0 Å². The van der Waals surface area contributed by atoms with E-state index in [0.29, 0.717) is 19.7 Å². The molecule has 0 bridgehead atoms. The molecule has 1 aromatic rings. The Kier molecular flexibility index (Phi) is 6.74. The number of carboxylic acids is 1. The van der Waals surface area contributed by atoms with Gasteiger partial charge in [-0.25, -0.2) is 4.79 Å². The summed E-state index contributed by atoms with van der Waals surface area (Å²) >= 11 is 1.47. The van der Waals surface area contributed by atoms with E-state index in [1.54, 1.807) is 11.7 Å². The Morgan fingerprint density at radius 3 is 2.89 bits per heavy atom. The molecule has 8 heteroatoms. The Morgan fingerprint density at radius 2 is 2.22 bits per heavy atom. The first-order valence-electron chi connectivity index (χ1n) is 5.37. The molecule has 0 spiro atoms. The summed E-state index contributed by atoms with van der Waals surface area (Å²) in [6.07, 6.45) is 1.66. The van der Waals surface area contributed by atoms with Crippen molar-refractivity contribution < 1.29 is 19.4 Å². The number of thiazole rings is 1. The quantitative estimate of drug-likeness (QED) is 0.596. The molecule has 18 heavy (non-hydrogen) atoms. The molecule has 0 fully saturated rings. The van der Waals surface area contributed by atoms with Crippen LogP contribution in [0.25, 0.3) is 0 Å². The summed E-state index contributed by atoms with van der Waals surface area (Å²) in [6.45, 7) is 1.23. The third kappa shape index (κ3) is 6.81. The van der Waals surface area contributed by atoms with Crippen LogP contribution in [0, 0.1) is 0 Å². The molecule has 0 saturated carbocycles. The van der Waals surface area contributed by atoms with E-state index in [1.165, 1.54) is 11.3 Å². The number of urea groups is 1. The van der Waals surface area contributed by atoms with Gasteiger partial charge < -0.3 is 20.5 Å². The van der Waals surface area contributed by atoms with Crippen LogP contribution in [-0.2, 0) is 16.1 Å². The monoisotopic (exact) mass is 273 g/mol. The molecule has 0 atom stereocenters. The van der Waals surface area contributed by atoms with E-state index in [0.717, 1.165) is 4.88 Å². The highest BCUT2D eigenvalue weighted by molar-refractivity contribution is 7.09. The van der Waals surface area contributed by atoms with Crippen molar-refractivity contribution in [2.24, 2.45) is 0 Å². The lowest BCUT2D eigenvalue weighted by Crippen LogP contribution is -2.36. The Morgan fingerprint density at radius 1 is 1.39 bits per heavy atom. The van der Waals surface area contributed by atoms with E-state index in [4.69, 9.17) is 9.84 Å². The molecule has 0 unspecified atom stereocenters. The fraction of sp³-hybridized carbons (Fsp3) is 0.500. The zero-order valence-electron chi connectivity index (χ0n) is 9.72. The average Bonchev–Trinajstić information content (AvgIpc) is 2.83. The molecule has 0 saturated heterocycles. The molecule has 7 nitrogen and oxygen atoms in total. The lowest BCUT2D eigenvalue weighted by Gasteiger charge is -2.06. The first-order chi connectivity index (χ1) is 8.68. The molecule has 1 rings (SSSR count). The largest absolute Gasteiger partial charge is 0.481 e. The van der Waals surface area contributed by atoms with Gasteiger partial charge in [0.25, 0.3) is 0 Å². The van der Waals surface area contributed by atoms with Crippen LogP contribution in [0.4, 0.5) is 4.79 Å². The second-order valence-corrected chi connectivity index (χ2v) is 4.30. The number of aromatic nitrogens is 1. The zero-order chi connectivity index (χ0) is 13.2. The Balaban J connectivity index is 1.95. The van der Waals surface area contributed by atoms with Gasteiger partial charge in [0, 0.05) is 17.6 Å². The molecule has 2 amide bonds. The van der Waals surface area contributed by atoms with Crippen molar-refractivity contribution in [3.8, 4) is 0 Å². The topological polar surface area (TPSA) is 101 Å². The summed E-state index contributed by atoms with van der Waals surface area (Å²) in [5.74, 6) is -0.898. The number of hydrogen-bond donors (Lipinski definition) is 3. The van der Waals surface area contributed by atoms with Crippen LogP contribution >= 0.6 is 11.3 Å². The first-order valence-corrected chi connectivity index (χ1v) is 6.25. The van der Waals surface area contributed by atoms with Crippen LogP contribution in [0.15, 0.2) is 11.7 Å². The number of hydrogen-bond acceptors (Lipinski definition) is 5. The SMILES string of the molecule is O=C(O)CCOCCNC(=O)NCc1cncs1. The summed E-state index contributed by atoms with van der Waals surface area (Å²) < 4.78 is 5.01. The van der Waals surface area contributed by atoms with Gasteiger partial charge in [-0.1, -0.05) is 0 Å². The zero-order valence-corrected chi connectivity index (χ0v) is 10.5. The standard InChI is InChI=1S/C10H15N3O4S/c14-9(15)1-3-17-4-2-12-10(16)13-6-8-5-11-7-18-8/h5,7H,1-4,6H2,(H,14,15)(H2,12,13,16). The molecule has 0 radical (unpaired) electrons. The predicted octanol–water partition coefficient (Wildman–Crippen LogP) is 0.434. The summed E-state index contributed by atoms with van der Waals surface area (Å²) in [4.78, 5) is 26.3. The van der Waals surface area contributed by atoms with Crippen LogP contribution in [0.2, 0.25) is 0 Å². The number of carbonyl (C=O) groups excluding carboxylic acids is 1. The van der Waals surface area contributed by atoms with Gasteiger partial charge in [0.1, 0.15) is 0 Å². The van der Waals surface area contributed by atoms with Crippen LogP contribution in [0.3, 0.4) is 0 Å². The van der Waals surface area contributed by atoms with Crippen molar-refractivity contribution in [1.29, 1.82) is 0 Å². The first kappa shape index (κ1) is 14.4. The maximum atomic E-state index is 11.3. The number of nitrogens with one attached hydrogen (secondary N) is 2. The van der Waals surface area contributed by atoms with Crippen molar-refractivity contribution in [3.63, 3.8) is 0 Å². The van der Waals surface area contributed by atoms with Gasteiger partial charge >= 0.3 is 12.0 Å². The summed E-state index contributed by atoms with van der Waals surface area (Å²) in [7, 11) is 0. The number of aliphatic carboxylic acids is 1. The van der Waals surface area contributed by atoms with Crippen LogP contribution < -0.4 is 10.6 Å². The van der Waals surface area contributed by atoms with Crippen molar-refractivity contribution >= 4 is 23.3 Å². The van der Waals surface area contributed by atoms with E-state index >= 15 is 0 Å². The fourth-order valence-electron chi connectivity index (χ4n) is 1.06. The number of carbonyl (C=O) groups is 2. The molecule has 0 aliphatic heterocycles. The van der Waals surface area contributed by atoms with Crippen molar-refractivity contribution in [2.75, 3.05) is 19.8 Å². The maximum Gasteiger partial charge on any atom is 0.315 e. The molecular weight excluding hydrogens is 258 g/mol. The fourth-order valence-corrected chi connectivity index (χ4v) is 1.59. The summed E-state index contributed by atoms with van der Waals surface area (Å²) in [5.41, 5.74) is 1.70. The molecule has 3 N–H and O–H groups in total. The Hall–Kier alpha value is -1.67. The molecule has 0 aliphatic rings. The third-order valence-electron chi connectivity index (χ3n) is 1.90. The number of rotatable bonds is 8. The smallest absolute Gasteiger partial charge is 0.315 e. The Bertz CT molecular complexity index is 369. The van der Waals surface area contributed by atoms with E-state index in [-0.39, 0.29) is 19.1 Å². The van der Waals surface area contributed by atoms with Crippen molar-refractivity contribution in [3.05, 3.63) is 16.6 Å². The average molecular weight is 273 g/mol. The van der Waals surface area contributed by atoms with Gasteiger partial charge in [-0.3, -0.25) is 9.78 Å². The highest BCUT2D eigenvalue weighted by Gasteiger charge is 2.01. The normalized spacial score (nSPS) is 10.0. The minimum Gasteiger partial charge on any atom is -0.481 e. The number of nitrogens with zero attached hydrogens (tertiary/aromatic N) is 1. The predicted molar refractivity (Wildman–Crippen MR) is 65.4 cm³/mol.